The zero-order valence-electron chi connectivity index (χ0n) is 16.0. The quantitative estimate of drug-likeness (QED) is 0.607. The summed E-state index contributed by atoms with van der Waals surface area (Å²) in [6, 6.07) is 15.2. The van der Waals surface area contributed by atoms with Crippen molar-refractivity contribution >= 4 is 23.2 Å². The summed E-state index contributed by atoms with van der Waals surface area (Å²) in [5, 5.41) is 3.23. The van der Waals surface area contributed by atoms with Gasteiger partial charge in [0, 0.05) is 23.9 Å². The summed E-state index contributed by atoms with van der Waals surface area (Å²) in [6.45, 7) is 3.15. The Balaban J connectivity index is 1.37. The first kappa shape index (κ1) is 18.9. The number of rotatable bonds is 7. The van der Waals surface area contributed by atoms with Gasteiger partial charge in [-0.2, -0.15) is 4.98 Å². The number of nitrogens with one attached hydrogen (secondary N) is 1. The van der Waals surface area contributed by atoms with Gasteiger partial charge in [-0.15, -0.1) is 0 Å². The van der Waals surface area contributed by atoms with Gasteiger partial charge in [0.2, 0.25) is 5.95 Å². The number of carbonyl (C=O) groups is 1. The van der Waals surface area contributed by atoms with Crippen molar-refractivity contribution in [1.82, 2.24) is 9.97 Å². The molecule has 2 aromatic carbocycles. The van der Waals surface area contributed by atoms with Gasteiger partial charge in [-0.3, -0.25) is 4.79 Å². The molecule has 0 bridgehead atoms. The fraction of sp³-hybridized carbons (Fsp3) is 0.227. The van der Waals surface area contributed by atoms with Crippen LogP contribution in [0.5, 0.6) is 5.75 Å². The predicted octanol–water partition coefficient (Wildman–Crippen LogP) is 4.22. The van der Waals surface area contributed by atoms with Crippen LogP contribution in [0.25, 0.3) is 0 Å². The highest BCUT2D eigenvalue weighted by molar-refractivity contribution is 5.96. The second kappa shape index (κ2) is 8.26. The fourth-order valence-corrected chi connectivity index (χ4v) is 3.07. The highest BCUT2D eigenvalue weighted by Gasteiger charge is 2.30. The van der Waals surface area contributed by atoms with E-state index < -0.39 is 0 Å². The van der Waals surface area contributed by atoms with Crippen LogP contribution >= 0.6 is 0 Å². The standard InChI is InChI=1S/C22H21FN4O2/c1-2-20(28)15-4-3-5-17(12-15)25-21-10-11-24-22(26-21)27-13-19(14-27)29-18-8-6-16(23)7-9-18/h3-12,19H,2,13-14H2,1H3,(H,24,25,26). The molecule has 1 saturated heterocycles. The minimum atomic E-state index is -0.283. The molecular weight excluding hydrogens is 371 g/mol. The molecule has 29 heavy (non-hydrogen) atoms. The van der Waals surface area contributed by atoms with Gasteiger partial charge in [-0.05, 0) is 42.5 Å². The Morgan fingerprint density at radius 2 is 2.00 bits per heavy atom. The molecule has 0 radical (unpaired) electrons. The molecule has 1 aliphatic heterocycles. The van der Waals surface area contributed by atoms with Gasteiger partial charge in [0.1, 0.15) is 23.5 Å². The lowest BCUT2D eigenvalue weighted by molar-refractivity contribution is 0.0988. The second-order valence-electron chi connectivity index (χ2n) is 6.82. The molecule has 0 atom stereocenters. The zero-order valence-corrected chi connectivity index (χ0v) is 16.0. The minimum absolute atomic E-state index is 0.0115. The van der Waals surface area contributed by atoms with Crippen LogP contribution in [0.2, 0.25) is 0 Å². The van der Waals surface area contributed by atoms with Crippen LogP contribution in [0.3, 0.4) is 0 Å². The molecule has 1 aromatic heterocycles. The largest absolute Gasteiger partial charge is 0.487 e. The number of carbonyl (C=O) groups excluding carboxylic acids is 1. The van der Waals surface area contributed by atoms with Gasteiger partial charge in [0.15, 0.2) is 5.78 Å². The van der Waals surface area contributed by atoms with Crippen LogP contribution in [0.1, 0.15) is 23.7 Å². The average molecular weight is 392 g/mol. The molecule has 1 aliphatic rings. The molecule has 2 heterocycles. The molecule has 7 heteroatoms. The van der Waals surface area contributed by atoms with E-state index in [1.54, 1.807) is 24.4 Å². The summed E-state index contributed by atoms with van der Waals surface area (Å²) < 4.78 is 18.8. The number of Topliss-reactive ketones (excluding diaryl/α,β-unsaturated/α-hetero) is 1. The van der Waals surface area contributed by atoms with Gasteiger partial charge < -0.3 is 15.0 Å². The molecule has 3 aromatic rings. The normalized spacial score (nSPS) is 13.7. The van der Waals surface area contributed by atoms with E-state index >= 15 is 0 Å². The van der Waals surface area contributed by atoms with Crippen molar-refractivity contribution in [3.8, 4) is 5.75 Å². The maximum Gasteiger partial charge on any atom is 0.227 e. The highest BCUT2D eigenvalue weighted by atomic mass is 19.1. The minimum Gasteiger partial charge on any atom is -0.487 e. The molecule has 1 N–H and O–H groups in total. The van der Waals surface area contributed by atoms with E-state index in [0.29, 0.717) is 42.6 Å². The summed E-state index contributed by atoms with van der Waals surface area (Å²) in [7, 11) is 0. The number of ether oxygens (including phenoxy) is 1. The first-order valence-electron chi connectivity index (χ1n) is 9.51. The third-order valence-corrected chi connectivity index (χ3v) is 4.67. The smallest absolute Gasteiger partial charge is 0.227 e. The number of hydrogen-bond acceptors (Lipinski definition) is 6. The van der Waals surface area contributed by atoms with Crippen LogP contribution in [0.4, 0.5) is 21.8 Å². The molecule has 4 rings (SSSR count). The molecule has 0 unspecified atom stereocenters. The van der Waals surface area contributed by atoms with Crippen LogP contribution in [0, 0.1) is 5.82 Å². The number of ketones is 1. The number of halogens is 1. The number of nitrogens with zero attached hydrogens (tertiary/aromatic N) is 3. The van der Waals surface area contributed by atoms with E-state index in [9.17, 15) is 9.18 Å². The third-order valence-electron chi connectivity index (χ3n) is 4.67. The Hall–Kier alpha value is -3.48. The van der Waals surface area contributed by atoms with Crippen molar-refractivity contribution in [3.63, 3.8) is 0 Å². The Morgan fingerprint density at radius 1 is 1.21 bits per heavy atom. The van der Waals surface area contributed by atoms with E-state index in [4.69, 9.17) is 4.74 Å². The van der Waals surface area contributed by atoms with Crippen molar-refractivity contribution in [3.05, 3.63) is 72.2 Å². The molecule has 0 saturated carbocycles. The molecule has 0 spiro atoms. The van der Waals surface area contributed by atoms with Crippen molar-refractivity contribution < 1.29 is 13.9 Å². The topological polar surface area (TPSA) is 67.4 Å². The molecule has 0 amide bonds. The molecule has 0 aliphatic carbocycles. The van der Waals surface area contributed by atoms with E-state index in [-0.39, 0.29) is 17.7 Å². The predicted molar refractivity (Wildman–Crippen MR) is 109 cm³/mol. The Bertz CT molecular complexity index is 1000. The van der Waals surface area contributed by atoms with Gasteiger partial charge in [-0.1, -0.05) is 19.1 Å². The number of anilines is 3. The molecule has 148 valence electrons. The summed E-state index contributed by atoms with van der Waals surface area (Å²) in [5.41, 5.74) is 1.48. The first-order chi connectivity index (χ1) is 14.1. The SMILES string of the molecule is CCC(=O)c1cccc(Nc2ccnc(N3CC(Oc4ccc(F)cc4)C3)n2)c1. The monoisotopic (exact) mass is 392 g/mol. The molecular formula is C22H21FN4O2. The maximum absolute atomic E-state index is 13.0. The van der Waals surface area contributed by atoms with Crippen LogP contribution in [0.15, 0.2) is 60.8 Å². The summed E-state index contributed by atoms with van der Waals surface area (Å²) in [5.74, 6) is 1.72. The van der Waals surface area contributed by atoms with E-state index in [0.717, 1.165) is 5.69 Å². The molecule has 6 nitrogen and oxygen atoms in total. The number of hydrogen-bond donors (Lipinski definition) is 1. The van der Waals surface area contributed by atoms with Crippen molar-refractivity contribution in [2.75, 3.05) is 23.3 Å². The lowest BCUT2D eigenvalue weighted by atomic mass is 10.1. The lowest BCUT2D eigenvalue weighted by Crippen LogP contribution is -2.54. The van der Waals surface area contributed by atoms with Crippen LogP contribution < -0.4 is 15.0 Å². The highest BCUT2D eigenvalue weighted by Crippen LogP contribution is 2.24. The number of benzene rings is 2. The van der Waals surface area contributed by atoms with Crippen LogP contribution in [-0.2, 0) is 0 Å². The summed E-state index contributed by atoms with van der Waals surface area (Å²) in [4.78, 5) is 22.8. The Labute approximate surface area is 168 Å². The van der Waals surface area contributed by atoms with Gasteiger partial charge in [0.05, 0.1) is 13.1 Å². The third kappa shape index (κ3) is 4.51. The maximum atomic E-state index is 13.0. The lowest BCUT2D eigenvalue weighted by Gasteiger charge is -2.38. The zero-order chi connectivity index (χ0) is 20.2. The van der Waals surface area contributed by atoms with Gasteiger partial charge >= 0.3 is 0 Å². The van der Waals surface area contributed by atoms with Crippen molar-refractivity contribution in [2.24, 2.45) is 0 Å². The van der Waals surface area contributed by atoms with E-state index in [2.05, 4.69) is 15.3 Å². The van der Waals surface area contributed by atoms with Crippen molar-refractivity contribution in [2.45, 2.75) is 19.4 Å². The van der Waals surface area contributed by atoms with Gasteiger partial charge in [-0.25, -0.2) is 9.37 Å². The summed E-state index contributed by atoms with van der Waals surface area (Å²) >= 11 is 0. The number of aromatic nitrogens is 2. The Kier molecular flexibility index (Phi) is 5.37. The fourth-order valence-electron chi connectivity index (χ4n) is 3.07. The van der Waals surface area contributed by atoms with Crippen LogP contribution in [-0.4, -0.2) is 34.9 Å². The second-order valence-corrected chi connectivity index (χ2v) is 6.82. The van der Waals surface area contributed by atoms with Gasteiger partial charge in [0.25, 0.3) is 0 Å². The first-order valence-corrected chi connectivity index (χ1v) is 9.51. The summed E-state index contributed by atoms with van der Waals surface area (Å²) in [6.07, 6.45) is 2.18. The average Bonchev–Trinajstić information content (AvgIpc) is 2.71. The van der Waals surface area contributed by atoms with E-state index in [1.165, 1.54) is 12.1 Å². The van der Waals surface area contributed by atoms with E-state index in [1.807, 2.05) is 36.1 Å². The molecule has 1 fully saturated rings. The van der Waals surface area contributed by atoms with Crippen molar-refractivity contribution in [1.29, 1.82) is 0 Å². The Morgan fingerprint density at radius 3 is 2.76 bits per heavy atom.